The summed E-state index contributed by atoms with van der Waals surface area (Å²) in [5.41, 5.74) is 0.414. The number of aromatic nitrogens is 1. The van der Waals surface area contributed by atoms with Crippen molar-refractivity contribution >= 4 is 5.97 Å². The number of hydrogen-bond acceptors (Lipinski definition) is 6. The first-order chi connectivity index (χ1) is 13.5. The number of benzene rings is 1. The van der Waals surface area contributed by atoms with Gasteiger partial charge in [0.05, 0.1) is 18.1 Å². The molecule has 4 aliphatic rings. The molecule has 4 saturated carbocycles. The average molecular weight is 383 g/mol. The Hall–Kier alpha value is -2.34. The molecule has 1 heterocycles. The fraction of sp³-hybridized carbons (Fsp3) is 0.545. The number of carbonyl (C=O) groups is 1. The average Bonchev–Trinajstić information content (AvgIpc) is 3.13. The van der Waals surface area contributed by atoms with Gasteiger partial charge in [0.2, 0.25) is 0 Å². The van der Waals surface area contributed by atoms with E-state index >= 15 is 0 Å². The van der Waals surface area contributed by atoms with Gasteiger partial charge in [-0.05, 0) is 74.6 Å². The summed E-state index contributed by atoms with van der Waals surface area (Å²) in [5, 5.41) is 14.9. The van der Waals surface area contributed by atoms with Gasteiger partial charge in [0, 0.05) is 11.6 Å². The lowest BCUT2D eigenvalue weighted by Crippen LogP contribution is -2.58. The number of carbonyl (C=O) groups excluding carboxylic acids is 1. The van der Waals surface area contributed by atoms with Gasteiger partial charge in [-0.1, -0.05) is 5.16 Å². The van der Waals surface area contributed by atoms with E-state index in [2.05, 4.69) is 5.16 Å². The second-order valence-electron chi connectivity index (χ2n) is 8.95. The van der Waals surface area contributed by atoms with Gasteiger partial charge in [-0.15, -0.1) is 0 Å². The Morgan fingerprint density at radius 3 is 2.57 bits per heavy atom. The Balaban J connectivity index is 1.25. The van der Waals surface area contributed by atoms with Crippen molar-refractivity contribution in [3.63, 3.8) is 0 Å². The molecule has 2 unspecified atom stereocenters. The molecule has 1 N–H and O–H groups in total. The SMILES string of the molecule is COc1ccc(-c2cc(COC(=O)C34CC5CC(CC(O)(C5)C3)C4)on2)cc1. The minimum Gasteiger partial charge on any atom is -0.497 e. The van der Waals surface area contributed by atoms with Crippen molar-refractivity contribution in [1.29, 1.82) is 0 Å². The van der Waals surface area contributed by atoms with Gasteiger partial charge in [0.25, 0.3) is 0 Å². The molecule has 0 amide bonds. The monoisotopic (exact) mass is 383 g/mol. The highest BCUT2D eigenvalue weighted by Crippen LogP contribution is 2.62. The number of rotatable bonds is 5. The van der Waals surface area contributed by atoms with Crippen molar-refractivity contribution in [2.75, 3.05) is 7.11 Å². The zero-order chi connectivity index (χ0) is 19.4. The number of methoxy groups -OCH3 is 1. The Bertz CT molecular complexity index is 873. The van der Waals surface area contributed by atoms with E-state index in [9.17, 15) is 9.90 Å². The van der Waals surface area contributed by atoms with Crippen LogP contribution in [0.5, 0.6) is 5.75 Å². The molecule has 0 radical (unpaired) electrons. The minimum absolute atomic E-state index is 0.0670. The molecule has 6 rings (SSSR count). The summed E-state index contributed by atoms with van der Waals surface area (Å²) in [7, 11) is 1.62. The van der Waals surface area contributed by atoms with Crippen LogP contribution >= 0.6 is 0 Å². The smallest absolute Gasteiger partial charge is 0.312 e. The van der Waals surface area contributed by atoms with Crippen LogP contribution in [0.2, 0.25) is 0 Å². The first-order valence-electron chi connectivity index (χ1n) is 9.97. The van der Waals surface area contributed by atoms with Crippen LogP contribution in [0, 0.1) is 17.3 Å². The second kappa shape index (κ2) is 6.34. The van der Waals surface area contributed by atoms with E-state index in [1.165, 1.54) is 0 Å². The van der Waals surface area contributed by atoms with E-state index in [0.29, 0.717) is 29.7 Å². The van der Waals surface area contributed by atoms with E-state index in [0.717, 1.165) is 43.4 Å². The van der Waals surface area contributed by atoms with E-state index in [4.69, 9.17) is 14.0 Å². The summed E-state index contributed by atoms with van der Waals surface area (Å²) in [6, 6.07) is 9.33. The Kier molecular flexibility index (Phi) is 4.02. The van der Waals surface area contributed by atoms with Crippen molar-refractivity contribution in [1.82, 2.24) is 5.16 Å². The summed E-state index contributed by atoms with van der Waals surface area (Å²) < 4.78 is 16.2. The minimum atomic E-state index is -0.670. The summed E-state index contributed by atoms with van der Waals surface area (Å²) in [4.78, 5) is 13.0. The lowest BCUT2D eigenvalue weighted by atomic mass is 9.48. The number of esters is 1. The summed E-state index contributed by atoms with van der Waals surface area (Å²) in [6.07, 6.45) is 5.05. The van der Waals surface area contributed by atoms with Crippen LogP contribution in [0.4, 0.5) is 0 Å². The van der Waals surface area contributed by atoms with E-state index in [1.54, 1.807) is 13.2 Å². The molecule has 0 saturated heterocycles. The molecule has 2 aromatic rings. The number of ether oxygens (including phenoxy) is 2. The first kappa shape index (κ1) is 17.7. The molecule has 4 aliphatic carbocycles. The molecule has 6 heteroatoms. The number of nitrogens with zero attached hydrogens (tertiary/aromatic N) is 1. The molecule has 0 spiro atoms. The van der Waals surface area contributed by atoms with Gasteiger partial charge in [0.15, 0.2) is 12.4 Å². The van der Waals surface area contributed by atoms with Crippen molar-refractivity contribution < 1.29 is 23.9 Å². The van der Waals surface area contributed by atoms with Gasteiger partial charge in [-0.2, -0.15) is 0 Å². The highest BCUT2D eigenvalue weighted by molar-refractivity contribution is 5.77. The Morgan fingerprint density at radius 2 is 1.93 bits per heavy atom. The molecule has 4 fully saturated rings. The summed E-state index contributed by atoms with van der Waals surface area (Å²) >= 11 is 0. The lowest BCUT2D eigenvalue weighted by Gasteiger charge is -2.58. The van der Waals surface area contributed by atoms with Crippen LogP contribution in [-0.4, -0.2) is 28.9 Å². The van der Waals surface area contributed by atoms with Crippen LogP contribution in [0.3, 0.4) is 0 Å². The van der Waals surface area contributed by atoms with Crippen molar-refractivity contribution in [2.45, 2.75) is 50.7 Å². The van der Waals surface area contributed by atoms with Gasteiger partial charge in [-0.25, -0.2) is 0 Å². The second-order valence-corrected chi connectivity index (χ2v) is 8.95. The predicted molar refractivity (Wildman–Crippen MR) is 100 cm³/mol. The van der Waals surface area contributed by atoms with Gasteiger partial charge in [-0.3, -0.25) is 4.79 Å². The first-order valence-corrected chi connectivity index (χ1v) is 9.97. The summed E-state index contributed by atoms with van der Waals surface area (Å²) in [5.74, 6) is 2.00. The molecule has 2 atom stereocenters. The molecule has 6 nitrogen and oxygen atoms in total. The van der Waals surface area contributed by atoms with E-state index in [-0.39, 0.29) is 12.6 Å². The van der Waals surface area contributed by atoms with E-state index < -0.39 is 11.0 Å². The van der Waals surface area contributed by atoms with Crippen molar-refractivity contribution in [2.24, 2.45) is 17.3 Å². The zero-order valence-corrected chi connectivity index (χ0v) is 16.0. The topological polar surface area (TPSA) is 81.8 Å². The maximum absolute atomic E-state index is 13.0. The fourth-order valence-electron chi connectivity index (χ4n) is 6.02. The molecule has 4 bridgehead atoms. The van der Waals surface area contributed by atoms with Crippen LogP contribution < -0.4 is 4.74 Å². The van der Waals surface area contributed by atoms with Crippen molar-refractivity contribution in [3.05, 3.63) is 36.1 Å². The number of aliphatic hydroxyl groups is 1. The zero-order valence-electron chi connectivity index (χ0n) is 16.0. The van der Waals surface area contributed by atoms with Crippen molar-refractivity contribution in [3.8, 4) is 17.0 Å². The highest BCUT2D eigenvalue weighted by atomic mass is 16.6. The molecule has 0 aliphatic heterocycles. The maximum Gasteiger partial charge on any atom is 0.312 e. The maximum atomic E-state index is 13.0. The molecule has 1 aromatic heterocycles. The lowest BCUT2D eigenvalue weighted by molar-refractivity contribution is -0.197. The predicted octanol–water partition coefficient (Wildman–Crippen LogP) is 3.72. The molecule has 1 aromatic carbocycles. The van der Waals surface area contributed by atoms with E-state index in [1.807, 2.05) is 24.3 Å². The third kappa shape index (κ3) is 3.00. The summed E-state index contributed by atoms with van der Waals surface area (Å²) in [6.45, 7) is 0.0670. The van der Waals surface area contributed by atoms with Crippen LogP contribution in [0.15, 0.2) is 34.9 Å². The largest absolute Gasteiger partial charge is 0.497 e. The van der Waals surface area contributed by atoms with Crippen LogP contribution in [-0.2, 0) is 16.1 Å². The quantitative estimate of drug-likeness (QED) is 0.793. The Morgan fingerprint density at radius 1 is 1.21 bits per heavy atom. The third-order valence-electron chi connectivity index (χ3n) is 6.75. The standard InChI is InChI=1S/C22H25NO5/c1-26-17-4-2-16(3-5-17)19-7-18(28-23-19)12-27-20(24)21-8-14-6-15(9-21)11-22(25,10-14)13-21/h2-5,7,14-15,25H,6,8-13H2,1H3. The molecular weight excluding hydrogens is 358 g/mol. The van der Waals surface area contributed by atoms with Crippen LogP contribution in [0.25, 0.3) is 11.3 Å². The third-order valence-corrected chi connectivity index (χ3v) is 6.75. The normalized spacial score (nSPS) is 33.1. The molecule has 148 valence electrons. The highest BCUT2D eigenvalue weighted by Gasteiger charge is 2.60. The molecule has 28 heavy (non-hydrogen) atoms. The fourth-order valence-corrected chi connectivity index (χ4v) is 6.02. The molecular formula is C22H25NO5. The van der Waals surface area contributed by atoms with Gasteiger partial charge >= 0.3 is 5.97 Å². The van der Waals surface area contributed by atoms with Crippen LogP contribution in [0.1, 0.15) is 44.3 Å². The van der Waals surface area contributed by atoms with Gasteiger partial charge < -0.3 is 19.1 Å². The number of hydrogen-bond donors (Lipinski definition) is 1. The van der Waals surface area contributed by atoms with Gasteiger partial charge in [0.1, 0.15) is 11.4 Å². The Labute approximate surface area is 163 Å².